The second kappa shape index (κ2) is 6.74. The first-order valence-electron chi connectivity index (χ1n) is 6.86. The fourth-order valence-corrected chi connectivity index (χ4v) is 2.07. The van der Waals surface area contributed by atoms with Crippen LogP contribution in [-0.2, 0) is 4.79 Å². The molecule has 21 heavy (non-hydrogen) atoms. The molecular weight excluding hydrogens is 268 g/mol. The number of carbonyl (C=O) groups is 2. The molecule has 0 aliphatic heterocycles. The van der Waals surface area contributed by atoms with Crippen molar-refractivity contribution in [3.63, 3.8) is 0 Å². The molecule has 0 fully saturated rings. The zero-order chi connectivity index (χ0) is 15.2. The SMILES string of the molecule is CCC(CC(=O)O)NC(=O)c1ccc(-n2cccc2)cc1. The van der Waals surface area contributed by atoms with Crippen LogP contribution in [0.2, 0.25) is 0 Å². The van der Waals surface area contributed by atoms with E-state index in [0.29, 0.717) is 12.0 Å². The van der Waals surface area contributed by atoms with Crippen LogP contribution in [0.25, 0.3) is 5.69 Å². The number of aromatic nitrogens is 1. The van der Waals surface area contributed by atoms with Crippen molar-refractivity contribution >= 4 is 11.9 Å². The minimum atomic E-state index is -0.912. The number of carboxylic acid groups (broad SMARTS) is 1. The van der Waals surface area contributed by atoms with Crippen LogP contribution < -0.4 is 5.32 Å². The Morgan fingerprint density at radius 3 is 2.33 bits per heavy atom. The van der Waals surface area contributed by atoms with Crippen molar-refractivity contribution in [2.24, 2.45) is 0 Å². The van der Waals surface area contributed by atoms with Gasteiger partial charge in [-0.15, -0.1) is 0 Å². The first-order valence-corrected chi connectivity index (χ1v) is 6.86. The van der Waals surface area contributed by atoms with E-state index in [1.54, 1.807) is 12.1 Å². The number of hydrogen-bond acceptors (Lipinski definition) is 2. The van der Waals surface area contributed by atoms with Crippen LogP contribution in [0.1, 0.15) is 30.1 Å². The summed E-state index contributed by atoms with van der Waals surface area (Å²) >= 11 is 0. The lowest BCUT2D eigenvalue weighted by molar-refractivity contribution is -0.137. The molecule has 1 amide bonds. The first kappa shape index (κ1) is 14.8. The third-order valence-electron chi connectivity index (χ3n) is 3.28. The van der Waals surface area contributed by atoms with Crippen molar-refractivity contribution in [3.05, 3.63) is 54.4 Å². The van der Waals surface area contributed by atoms with Crippen molar-refractivity contribution in [1.82, 2.24) is 9.88 Å². The monoisotopic (exact) mass is 286 g/mol. The van der Waals surface area contributed by atoms with Gasteiger partial charge in [0.15, 0.2) is 0 Å². The second-order valence-corrected chi connectivity index (χ2v) is 4.81. The van der Waals surface area contributed by atoms with Gasteiger partial charge in [-0.2, -0.15) is 0 Å². The lowest BCUT2D eigenvalue weighted by Gasteiger charge is -2.15. The van der Waals surface area contributed by atoms with E-state index in [-0.39, 0.29) is 18.4 Å². The first-order chi connectivity index (χ1) is 10.1. The Hall–Kier alpha value is -2.56. The summed E-state index contributed by atoms with van der Waals surface area (Å²) in [4.78, 5) is 22.8. The highest BCUT2D eigenvalue weighted by atomic mass is 16.4. The predicted octanol–water partition coefficient (Wildman–Crippen LogP) is 2.46. The molecule has 0 saturated carbocycles. The van der Waals surface area contributed by atoms with E-state index in [0.717, 1.165) is 5.69 Å². The molecule has 1 heterocycles. The minimum Gasteiger partial charge on any atom is -0.481 e. The average Bonchev–Trinajstić information content (AvgIpc) is 3.00. The summed E-state index contributed by atoms with van der Waals surface area (Å²) in [7, 11) is 0. The molecular formula is C16H18N2O3. The van der Waals surface area contributed by atoms with Crippen LogP contribution in [0.4, 0.5) is 0 Å². The molecule has 0 spiro atoms. The van der Waals surface area contributed by atoms with E-state index in [1.807, 2.05) is 48.1 Å². The van der Waals surface area contributed by atoms with E-state index >= 15 is 0 Å². The Labute approximate surface area is 123 Å². The number of rotatable bonds is 6. The van der Waals surface area contributed by atoms with Crippen molar-refractivity contribution < 1.29 is 14.7 Å². The molecule has 0 radical (unpaired) electrons. The van der Waals surface area contributed by atoms with Gasteiger partial charge in [-0.3, -0.25) is 9.59 Å². The number of nitrogens with one attached hydrogen (secondary N) is 1. The Morgan fingerprint density at radius 2 is 1.81 bits per heavy atom. The van der Waals surface area contributed by atoms with Crippen LogP contribution in [-0.4, -0.2) is 27.6 Å². The molecule has 1 aromatic carbocycles. The van der Waals surface area contributed by atoms with Crippen molar-refractivity contribution in [2.75, 3.05) is 0 Å². The number of aliphatic carboxylic acids is 1. The van der Waals surface area contributed by atoms with Gasteiger partial charge >= 0.3 is 5.97 Å². The topological polar surface area (TPSA) is 71.3 Å². The quantitative estimate of drug-likeness (QED) is 0.857. The number of carbonyl (C=O) groups excluding carboxylic acids is 1. The maximum absolute atomic E-state index is 12.1. The number of nitrogens with zero attached hydrogens (tertiary/aromatic N) is 1. The van der Waals surface area contributed by atoms with Gasteiger partial charge in [-0.25, -0.2) is 0 Å². The van der Waals surface area contributed by atoms with Crippen molar-refractivity contribution in [2.45, 2.75) is 25.8 Å². The summed E-state index contributed by atoms with van der Waals surface area (Å²) in [5, 5.41) is 11.5. The van der Waals surface area contributed by atoms with Gasteiger partial charge in [0.2, 0.25) is 0 Å². The van der Waals surface area contributed by atoms with E-state index in [4.69, 9.17) is 5.11 Å². The zero-order valence-corrected chi connectivity index (χ0v) is 11.8. The summed E-state index contributed by atoms with van der Waals surface area (Å²) in [6.07, 6.45) is 4.37. The van der Waals surface area contributed by atoms with E-state index in [1.165, 1.54) is 0 Å². The third kappa shape index (κ3) is 3.95. The predicted molar refractivity (Wildman–Crippen MR) is 79.6 cm³/mol. The zero-order valence-electron chi connectivity index (χ0n) is 11.8. The van der Waals surface area contributed by atoms with E-state index < -0.39 is 5.97 Å². The Bertz CT molecular complexity index is 603. The molecule has 0 aliphatic rings. The summed E-state index contributed by atoms with van der Waals surface area (Å²) in [5.41, 5.74) is 1.49. The summed E-state index contributed by atoms with van der Waals surface area (Å²) in [5.74, 6) is -1.16. The molecule has 1 aromatic heterocycles. The largest absolute Gasteiger partial charge is 0.481 e. The normalized spacial score (nSPS) is 11.9. The van der Waals surface area contributed by atoms with Crippen molar-refractivity contribution in [3.8, 4) is 5.69 Å². The number of amides is 1. The third-order valence-corrected chi connectivity index (χ3v) is 3.28. The fourth-order valence-electron chi connectivity index (χ4n) is 2.07. The maximum Gasteiger partial charge on any atom is 0.305 e. The van der Waals surface area contributed by atoms with Crippen LogP contribution in [0.3, 0.4) is 0 Å². The molecule has 1 atom stereocenters. The molecule has 0 bridgehead atoms. The van der Waals surface area contributed by atoms with Gasteiger partial charge < -0.3 is 15.0 Å². The smallest absolute Gasteiger partial charge is 0.305 e. The van der Waals surface area contributed by atoms with Crippen molar-refractivity contribution in [1.29, 1.82) is 0 Å². The lowest BCUT2D eigenvalue weighted by atomic mass is 10.1. The highest BCUT2D eigenvalue weighted by Gasteiger charge is 2.15. The number of benzene rings is 1. The standard InChI is InChI=1S/C16H18N2O3/c1-2-13(11-15(19)20)17-16(21)12-5-7-14(8-6-12)18-9-3-4-10-18/h3-10,13H,2,11H2,1H3,(H,17,21)(H,19,20). The Balaban J connectivity index is 2.04. The number of carboxylic acids is 1. The van der Waals surface area contributed by atoms with Gasteiger partial charge in [-0.05, 0) is 42.8 Å². The number of hydrogen-bond donors (Lipinski definition) is 2. The second-order valence-electron chi connectivity index (χ2n) is 4.81. The molecule has 0 saturated heterocycles. The van der Waals surface area contributed by atoms with Gasteiger partial charge in [0.05, 0.1) is 6.42 Å². The Morgan fingerprint density at radius 1 is 1.19 bits per heavy atom. The molecule has 5 nitrogen and oxygen atoms in total. The van der Waals surface area contributed by atoms with Crippen LogP contribution in [0.5, 0.6) is 0 Å². The highest BCUT2D eigenvalue weighted by Crippen LogP contribution is 2.10. The molecule has 5 heteroatoms. The Kier molecular flexibility index (Phi) is 4.77. The van der Waals surface area contributed by atoms with Gasteiger partial charge in [-0.1, -0.05) is 6.92 Å². The molecule has 0 aliphatic carbocycles. The van der Waals surface area contributed by atoms with Crippen LogP contribution >= 0.6 is 0 Å². The molecule has 2 aromatic rings. The van der Waals surface area contributed by atoms with Gasteiger partial charge in [0, 0.05) is 29.7 Å². The van der Waals surface area contributed by atoms with Gasteiger partial charge in [0.1, 0.15) is 0 Å². The van der Waals surface area contributed by atoms with Crippen LogP contribution in [0, 0.1) is 0 Å². The minimum absolute atomic E-state index is 0.0658. The lowest BCUT2D eigenvalue weighted by Crippen LogP contribution is -2.36. The summed E-state index contributed by atoms with van der Waals surface area (Å²) < 4.78 is 1.95. The fraction of sp³-hybridized carbons (Fsp3) is 0.250. The van der Waals surface area contributed by atoms with E-state index in [2.05, 4.69) is 5.32 Å². The maximum atomic E-state index is 12.1. The molecule has 110 valence electrons. The average molecular weight is 286 g/mol. The molecule has 1 unspecified atom stereocenters. The van der Waals surface area contributed by atoms with Crippen LogP contribution in [0.15, 0.2) is 48.8 Å². The summed E-state index contributed by atoms with van der Waals surface area (Å²) in [6, 6.07) is 10.7. The summed E-state index contributed by atoms with van der Waals surface area (Å²) in [6.45, 7) is 1.85. The molecule has 2 rings (SSSR count). The molecule has 2 N–H and O–H groups in total. The van der Waals surface area contributed by atoms with E-state index in [9.17, 15) is 9.59 Å². The van der Waals surface area contributed by atoms with Gasteiger partial charge in [0.25, 0.3) is 5.91 Å². The highest BCUT2D eigenvalue weighted by molar-refractivity contribution is 5.94.